The Morgan fingerprint density at radius 1 is 1.50 bits per heavy atom. The van der Waals surface area contributed by atoms with Crippen molar-refractivity contribution in [2.75, 3.05) is 20.1 Å². The molecule has 1 amide bonds. The number of aliphatic carboxylic acids is 1. The Labute approximate surface area is 109 Å². The number of carbonyl (C=O) groups is 2. The second-order valence-electron chi connectivity index (χ2n) is 5.56. The van der Waals surface area contributed by atoms with Crippen molar-refractivity contribution in [1.82, 2.24) is 9.80 Å². The summed E-state index contributed by atoms with van der Waals surface area (Å²) in [6.45, 7) is 7.75. The highest BCUT2D eigenvalue weighted by molar-refractivity contribution is 5.82. The second kappa shape index (κ2) is 5.69. The van der Waals surface area contributed by atoms with Crippen LogP contribution in [-0.4, -0.2) is 58.5 Å². The summed E-state index contributed by atoms with van der Waals surface area (Å²) in [6.07, 6.45) is 1.33. The first-order valence-corrected chi connectivity index (χ1v) is 6.53. The molecule has 1 unspecified atom stereocenters. The molecule has 1 heterocycles. The van der Waals surface area contributed by atoms with E-state index in [2.05, 4.69) is 18.7 Å². The smallest absolute Gasteiger partial charge is 0.303 e. The minimum Gasteiger partial charge on any atom is -0.481 e. The van der Waals surface area contributed by atoms with Gasteiger partial charge in [-0.1, -0.05) is 6.92 Å². The van der Waals surface area contributed by atoms with Crippen LogP contribution in [-0.2, 0) is 9.59 Å². The fourth-order valence-electron chi connectivity index (χ4n) is 2.69. The van der Waals surface area contributed by atoms with Gasteiger partial charge < -0.3 is 10.0 Å². The topological polar surface area (TPSA) is 60.9 Å². The van der Waals surface area contributed by atoms with Gasteiger partial charge in [0, 0.05) is 25.6 Å². The molecule has 1 saturated heterocycles. The lowest BCUT2D eigenvalue weighted by Crippen LogP contribution is -2.52. The Morgan fingerprint density at radius 2 is 2.11 bits per heavy atom. The van der Waals surface area contributed by atoms with Gasteiger partial charge in [-0.15, -0.1) is 0 Å². The zero-order valence-corrected chi connectivity index (χ0v) is 11.8. The summed E-state index contributed by atoms with van der Waals surface area (Å²) >= 11 is 0. The van der Waals surface area contributed by atoms with Crippen LogP contribution in [0.15, 0.2) is 0 Å². The van der Waals surface area contributed by atoms with E-state index in [4.69, 9.17) is 5.11 Å². The Morgan fingerprint density at radius 3 is 2.61 bits per heavy atom. The maximum Gasteiger partial charge on any atom is 0.303 e. The molecule has 5 nitrogen and oxygen atoms in total. The highest BCUT2D eigenvalue weighted by Gasteiger charge is 2.39. The Hall–Kier alpha value is -1.10. The third kappa shape index (κ3) is 3.22. The number of hydrogen-bond donors (Lipinski definition) is 1. The molecule has 0 aromatic carbocycles. The first-order chi connectivity index (χ1) is 8.29. The van der Waals surface area contributed by atoms with Gasteiger partial charge in [0.25, 0.3) is 0 Å². The quantitative estimate of drug-likeness (QED) is 0.820. The number of rotatable bonds is 4. The molecule has 1 atom stereocenters. The summed E-state index contributed by atoms with van der Waals surface area (Å²) in [5.74, 6) is -0.799. The molecule has 18 heavy (non-hydrogen) atoms. The molecule has 104 valence electrons. The van der Waals surface area contributed by atoms with Crippen LogP contribution in [0.1, 0.15) is 40.0 Å². The maximum atomic E-state index is 12.3. The van der Waals surface area contributed by atoms with Gasteiger partial charge in [0.15, 0.2) is 0 Å². The van der Waals surface area contributed by atoms with Gasteiger partial charge >= 0.3 is 5.97 Å². The van der Waals surface area contributed by atoms with Crippen LogP contribution < -0.4 is 0 Å². The fourth-order valence-corrected chi connectivity index (χ4v) is 2.69. The van der Waals surface area contributed by atoms with Crippen LogP contribution in [0.4, 0.5) is 0 Å². The standard InChI is InChI=1S/C13H24N2O3/c1-5-15-10(6-7-11(16)17)12(18)14(4)9-8-13(15,2)3/h10H,5-9H2,1-4H3,(H,16,17). The summed E-state index contributed by atoms with van der Waals surface area (Å²) in [6, 6.07) is -0.311. The molecule has 5 heteroatoms. The van der Waals surface area contributed by atoms with Gasteiger partial charge in [0.2, 0.25) is 5.91 Å². The van der Waals surface area contributed by atoms with E-state index < -0.39 is 5.97 Å². The van der Waals surface area contributed by atoms with E-state index in [1.54, 1.807) is 11.9 Å². The van der Waals surface area contributed by atoms with Crippen LogP contribution in [0.2, 0.25) is 0 Å². The molecule has 1 rings (SSSR count). The van der Waals surface area contributed by atoms with E-state index in [0.29, 0.717) is 6.42 Å². The molecule has 0 saturated carbocycles. The van der Waals surface area contributed by atoms with E-state index in [-0.39, 0.29) is 23.9 Å². The largest absolute Gasteiger partial charge is 0.481 e. The van der Waals surface area contributed by atoms with Crippen LogP contribution >= 0.6 is 0 Å². The molecule has 1 fully saturated rings. The van der Waals surface area contributed by atoms with Gasteiger partial charge in [0.1, 0.15) is 0 Å². The molecule has 0 spiro atoms. The minimum atomic E-state index is -0.844. The van der Waals surface area contributed by atoms with Crippen molar-refractivity contribution in [3.05, 3.63) is 0 Å². The molecule has 0 aromatic heterocycles. The van der Waals surface area contributed by atoms with Crippen molar-refractivity contribution in [2.45, 2.75) is 51.6 Å². The molecular weight excluding hydrogens is 232 g/mol. The summed E-state index contributed by atoms with van der Waals surface area (Å²) in [5, 5.41) is 8.81. The Bertz CT molecular complexity index is 328. The lowest BCUT2D eigenvalue weighted by molar-refractivity contribution is -0.139. The van der Waals surface area contributed by atoms with E-state index in [1.165, 1.54) is 0 Å². The molecule has 1 N–H and O–H groups in total. The molecule has 1 aliphatic heterocycles. The van der Waals surface area contributed by atoms with Crippen molar-refractivity contribution >= 4 is 11.9 Å². The summed E-state index contributed by atoms with van der Waals surface area (Å²) in [5.41, 5.74) is -0.0711. The van der Waals surface area contributed by atoms with Gasteiger partial charge in [0.05, 0.1) is 6.04 Å². The number of carbonyl (C=O) groups excluding carboxylic acids is 1. The average molecular weight is 256 g/mol. The number of carboxylic acids is 1. The second-order valence-corrected chi connectivity index (χ2v) is 5.56. The van der Waals surface area contributed by atoms with Crippen LogP contribution in [0.25, 0.3) is 0 Å². The molecule has 0 bridgehead atoms. The predicted molar refractivity (Wildman–Crippen MR) is 69.4 cm³/mol. The summed E-state index contributed by atoms with van der Waals surface area (Å²) < 4.78 is 0. The van der Waals surface area contributed by atoms with Crippen molar-refractivity contribution in [3.63, 3.8) is 0 Å². The Kier molecular flexibility index (Phi) is 4.73. The van der Waals surface area contributed by atoms with E-state index in [0.717, 1.165) is 19.5 Å². The molecular formula is C13H24N2O3. The average Bonchev–Trinajstić information content (AvgIpc) is 2.36. The number of carboxylic acid groups (broad SMARTS) is 1. The van der Waals surface area contributed by atoms with Crippen molar-refractivity contribution in [2.24, 2.45) is 0 Å². The van der Waals surface area contributed by atoms with Crippen molar-refractivity contribution in [1.29, 1.82) is 0 Å². The molecule has 1 aliphatic rings. The third-order valence-corrected chi connectivity index (χ3v) is 3.85. The van der Waals surface area contributed by atoms with Crippen LogP contribution in [0, 0.1) is 0 Å². The van der Waals surface area contributed by atoms with Gasteiger partial charge in [-0.3, -0.25) is 14.5 Å². The SMILES string of the molecule is CCN1C(CCC(=O)O)C(=O)N(C)CCC1(C)C. The molecule has 0 aliphatic carbocycles. The van der Waals surface area contributed by atoms with Crippen molar-refractivity contribution < 1.29 is 14.7 Å². The molecule has 0 radical (unpaired) electrons. The van der Waals surface area contributed by atoms with Gasteiger partial charge in [-0.25, -0.2) is 0 Å². The fraction of sp³-hybridized carbons (Fsp3) is 0.846. The zero-order valence-electron chi connectivity index (χ0n) is 11.8. The lowest BCUT2D eigenvalue weighted by Gasteiger charge is -2.40. The minimum absolute atomic E-state index is 0.0385. The lowest BCUT2D eigenvalue weighted by atomic mass is 9.95. The number of likely N-dealkylation sites (N-methyl/N-ethyl adjacent to an activating group) is 2. The first kappa shape index (κ1) is 15.0. The van der Waals surface area contributed by atoms with Gasteiger partial charge in [-0.05, 0) is 33.2 Å². The summed E-state index contributed by atoms with van der Waals surface area (Å²) in [7, 11) is 1.80. The van der Waals surface area contributed by atoms with Crippen LogP contribution in [0.5, 0.6) is 0 Å². The normalized spacial score (nSPS) is 25.0. The highest BCUT2D eigenvalue weighted by Crippen LogP contribution is 2.27. The maximum absolute atomic E-state index is 12.3. The van der Waals surface area contributed by atoms with E-state index in [1.807, 2.05) is 6.92 Å². The Balaban J connectivity index is 2.95. The van der Waals surface area contributed by atoms with Crippen LogP contribution in [0.3, 0.4) is 0 Å². The number of amides is 1. The van der Waals surface area contributed by atoms with Crippen molar-refractivity contribution in [3.8, 4) is 0 Å². The highest BCUT2D eigenvalue weighted by atomic mass is 16.4. The summed E-state index contributed by atoms with van der Waals surface area (Å²) in [4.78, 5) is 26.9. The van der Waals surface area contributed by atoms with E-state index in [9.17, 15) is 9.59 Å². The number of hydrogen-bond acceptors (Lipinski definition) is 3. The number of nitrogens with zero attached hydrogens (tertiary/aromatic N) is 2. The van der Waals surface area contributed by atoms with Gasteiger partial charge in [-0.2, -0.15) is 0 Å². The third-order valence-electron chi connectivity index (χ3n) is 3.85. The predicted octanol–water partition coefficient (Wildman–Crippen LogP) is 1.18. The monoisotopic (exact) mass is 256 g/mol. The zero-order chi connectivity index (χ0) is 13.9. The molecule has 0 aromatic rings. The van der Waals surface area contributed by atoms with E-state index >= 15 is 0 Å². The first-order valence-electron chi connectivity index (χ1n) is 6.53.